The largest absolute Gasteiger partial charge is 0.489 e. The summed E-state index contributed by atoms with van der Waals surface area (Å²) in [6.07, 6.45) is -4.35. The van der Waals surface area contributed by atoms with Crippen LogP contribution >= 0.6 is 12.4 Å². The Bertz CT molecular complexity index is 605. The molecule has 1 N–H and O–H groups in total. The first kappa shape index (κ1) is 18.1. The van der Waals surface area contributed by atoms with E-state index in [4.69, 9.17) is 9.57 Å². The van der Waals surface area contributed by atoms with Crippen LogP contribution in [0.3, 0.4) is 0 Å². The minimum absolute atomic E-state index is 0. The van der Waals surface area contributed by atoms with Crippen molar-refractivity contribution >= 4 is 18.1 Å². The molecule has 0 radical (unpaired) electrons. The van der Waals surface area contributed by atoms with Crippen LogP contribution < -0.4 is 10.2 Å². The lowest BCUT2D eigenvalue weighted by molar-refractivity contribution is -0.137. The van der Waals surface area contributed by atoms with Gasteiger partial charge in [-0.1, -0.05) is 18.2 Å². The highest BCUT2D eigenvalue weighted by molar-refractivity contribution is 5.85. The van der Waals surface area contributed by atoms with E-state index in [1.54, 1.807) is 30.3 Å². The van der Waals surface area contributed by atoms with Gasteiger partial charge in [0.05, 0.1) is 18.4 Å². The van der Waals surface area contributed by atoms with Crippen molar-refractivity contribution in [3.63, 3.8) is 0 Å². The van der Waals surface area contributed by atoms with Gasteiger partial charge in [0.1, 0.15) is 12.4 Å². The summed E-state index contributed by atoms with van der Waals surface area (Å²) < 4.78 is 43.3. The van der Waals surface area contributed by atoms with Crippen molar-refractivity contribution in [1.82, 2.24) is 0 Å². The molecule has 0 fully saturated rings. The number of hydrogen-bond donors (Lipinski definition) is 1. The molecule has 0 atom stereocenters. The molecule has 0 aliphatic carbocycles. The number of halogens is 4. The van der Waals surface area contributed by atoms with Crippen LogP contribution in [-0.4, -0.2) is 7.11 Å². The van der Waals surface area contributed by atoms with E-state index >= 15 is 0 Å². The lowest BCUT2D eigenvalue weighted by Gasteiger charge is -2.11. The Morgan fingerprint density at radius 3 is 2.45 bits per heavy atom. The first-order chi connectivity index (χ1) is 9.99. The van der Waals surface area contributed by atoms with E-state index in [9.17, 15) is 13.2 Å². The molecule has 2 aromatic carbocycles. The van der Waals surface area contributed by atoms with E-state index in [2.05, 4.69) is 5.48 Å². The Morgan fingerprint density at radius 2 is 1.77 bits per heavy atom. The first-order valence-corrected chi connectivity index (χ1v) is 6.17. The van der Waals surface area contributed by atoms with Crippen molar-refractivity contribution in [2.45, 2.75) is 12.8 Å². The van der Waals surface area contributed by atoms with Crippen LogP contribution in [0.15, 0.2) is 48.5 Å². The SMILES string of the molecule is CONc1cccc(OCc2cccc(C(F)(F)F)c2)c1.Cl. The minimum atomic E-state index is -4.35. The number of alkyl halides is 3. The monoisotopic (exact) mass is 333 g/mol. The third-order valence-corrected chi connectivity index (χ3v) is 2.71. The molecule has 120 valence electrons. The number of benzene rings is 2. The van der Waals surface area contributed by atoms with Crippen molar-refractivity contribution in [2.75, 3.05) is 12.6 Å². The molecule has 0 saturated heterocycles. The zero-order valence-corrected chi connectivity index (χ0v) is 12.5. The molecule has 0 heterocycles. The van der Waals surface area contributed by atoms with E-state index in [0.29, 0.717) is 17.0 Å². The van der Waals surface area contributed by atoms with Crippen LogP contribution in [0.2, 0.25) is 0 Å². The lowest BCUT2D eigenvalue weighted by Crippen LogP contribution is -2.06. The number of hydrogen-bond acceptors (Lipinski definition) is 3. The average molecular weight is 334 g/mol. The molecule has 0 aromatic heterocycles. The fourth-order valence-corrected chi connectivity index (χ4v) is 1.77. The standard InChI is InChI=1S/C15H14F3NO2.ClH/c1-20-19-13-6-3-7-14(9-13)21-10-11-4-2-5-12(8-11)15(16,17)18;/h2-9,19H,10H2,1H3;1H. The number of anilines is 1. The molecule has 0 saturated carbocycles. The van der Waals surface area contributed by atoms with Crippen LogP contribution in [-0.2, 0) is 17.6 Å². The molecular formula is C15H15ClF3NO2. The van der Waals surface area contributed by atoms with E-state index in [-0.39, 0.29) is 19.0 Å². The molecule has 7 heteroatoms. The van der Waals surface area contributed by atoms with Crippen LogP contribution in [0.4, 0.5) is 18.9 Å². The van der Waals surface area contributed by atoms with Gasteiger partial charge >= 0.3 is 6.18 Å². The van der Waals surface area contributed by atoms with Crippen molar-refractivity contribution in [1.29, 1.82) is 0 Å². The second kappa shape index (κ2) is 7.91. The Morgan fingerprint density at radius 1 is 1.05 bits per heavy atom. The maximum atomic E-state index is 12.6. The summed E-state index contributed by atoms with van der Waals surface area (Å²) in [7, 11) is 1.48. The summed E-state index contributed by atoms with van der Waals surface area (Å²) in [6, 6.07) is 12.0. The van der Waals surface area contributed by atoms with Crippen molar-refractivity contribution < 1.29 is 22.7 Å². The molecule has 0 spiro atoms. The molecule has 22 heavy (non-hydrogen) atoms. The fourth-order valence-electron chi connectivity index (χ4n) is 1.77. The summed E-state index contributed by atoms with van der Waals surface area (Å²) in [5, 5.41) is 0. The summed E-state index contributed by atoms with van der Waals surface area (Å²) in [5.74, 6) is 0.537. The van der Waals surface area contributed by atoms with Gasteiger partial charge in [-0.25, -0.2) is 0 Å². The van der Waals surface area contributed by atoms with Gasteiger partial charge in [0.2, 0.25) is 0 Å². The third-order valence-electron chi connectivity index (χ3n) is 2.71. The molecule has 0 aliphatic heterocycles. The predicted molar refractivity (Wildman–Crippen MR) is 80.1 cm³/mol. The quantitative estimate of drug-likeness (QED) is 0.806. The van der Waals surface area contributed by atoms with Gasteiger partial charge in [-0.05, 0) is 29.8 Å². The predicted octanol–water partition coefficient (Wildman–Crippen LogP) is 4.68. The van der Waals surface area contributed by atoms with Crippen LogP contribution in [0.5, 0.6) is 5.75 Å². The highest BCUT2D eigenvalue weighted by Crippen LogP contribution is 2.29. The van der Waals surface area contributed by atoms with E-state index in [1.807, 2.05) is 0 Å². The number of nitrogens with one attached hydrogen (secondary N) is 1. The molecule has 2 rings (SSSR count). The first-order valence-electron chi connectivity index (χ1n) is 6.17. The van der Waals surface area contributed by atoms with Gasteiger partial charge in [-0.15, -0.1) is 12.4 Å². The minimum Gasteiger partial charge on any atom is -0.489 e. The maximum absolute atomic E-state index is 12.6. The second-order valence-corrected chi connectivity index (χ2v) is 4.32. The molecule has 0 aliphatic rings. The summed E-state index contributed by atoms with van der Waals surface area (Å²) in [5.41, 5.74) is 3.11. The fraction of sp³-hybridized carbons (Fsp3) is 0.200. The van der Waals surface area contributed by atoms with Crippen LogP contribution in [0.25, 0.3) is 0 Å². The molecular weight excluding hydrogens is 319 g/mol. The number of rotatable bonds is 5. The average Bonchev–Trinajstić information content (AvgIpc) is 2.45. The number of ether oxygens (including phenoxy) is 1. The van der Waals surface area contributed by atoms with Crippen molar-refractivity contribution in [2.24, 2.45) is 0 Å². The Kier molecular flexibility index (Phi) is 6.52. The van der Waals surface area contributed by atoms with Gasteiger partial charge in [-0.2, -0.15) is 13.2 Å². The highest BCUT2D eigenvalue weighted by Gasteiger charge is 2.30. The van der Waals surface area contributed by atoms with Crippen LogP contribution in [0.1, 0.15) is 11.1 Å². The van der Waals surface area contributed by atoms with E-state index < -0.39 is 11.7 Å². The molecule has 2 aromatic rings. The summed E-state index contributed by atoms with van der Waals surface area (Å²) in [6.45, 7) is 0.0559. The zero-order valence-electron chi connectivity index (χ0n) is 11.7. The Hall–Kier alpha value is -1.92. The second-order valence-electron chi connectivity index (χ2n) is 4.32. The van der Waals surface area contributed by atoms with Gasteiger partial charge in [0.25, 0.3) is 0 Å². The van der Waals surface area contributed by atoms with E-state index in [0.717, 1.165) is 12.1 Å². The van der Waals surface area contributed by atoms with Gasteiger partial charge in [0, 0.05) is 6.07 Å². The summed E-state index contributed by atoms with van der Waals surface area (Å²) >= 11 is 0. The lowest BCUT2D eigenvalue weighted by atomic mass is 10.1. The van der Waals surface area contributed by atoms with Crippen LogP contribution in [0, 0.1) is 0 Å². The highest BCUT2D eigenvalue weighted by atomic mass is 35.5. The Labute approximate surface area is 132 Å². The van der Waals surface area contributed by atoms with Gasteiger partial charge < -0.3 is 4.74 Å². The molecule has 0 amide bonds. The third kappa shape index (κ3) is 5.13. The Balaban J connectivity index is 0.00000242. The molecule has 0 unspecified atom stereocenters. The van der Waals surface area contributed by atoms with Gasteiger partial charge in [-0.3, -0.25) is 10.3 Å². The van der Waals surface area contributed by atoms with Gasteiger partial charge in [0.15, 0.2) is 0 Å². The van der Waals surface area contributed by atoms with E-state index in [1.165, 1.54) is 13.2 Å². The summed E-state index contributed by atoms with van der Waals surface area (Å²) in [4.78, 5) is 4.77. The van der Waals surface area contributed by atoms with Crippen molar-refractivity contribution in [3.8, 4) is 5.75 Å². The zero-order chi connectivity index (χ0) is 15.3. The molecule has 0 bridgehead atoms. The molecule has 3 nitrogen and oxygen atoms in total. The smallest absolute Gasteiger partial charge is 0.416 e. The normalized spacial score (nSPS) is 10.7. The maximum Gasteiger partial charge on any atom is 0.416 e. The topological polar surface area (TPSA) is 30.5 Å². The van der Waals surface area contributed by atoms with Crippen molar-refractivity contribution in [3.05, 3.63) is 59.7 Å².